The van der Waals surface area contributed by atoms with Crippen LogP contribution in [0.15, 0.2) is 18.5 Å². The second-order valence-corrected chi connectivity index (χ2v) is 3.53. The van der Waals surface area contributed by atoms with E-state index in [1.807, 2.05) is 27.7 Å². The fourth-order valence-corrected chi connectivity index (χ4v) is 1.31. The molecule has 2 rings (SSSR count). The lowest BCUT2D eigenvalue weighted by Gasteiger charge is -2.06. The summed E-state index contributed by atoms with van der Waals surface area (Å²) in [6.07, 6.45) is 2.64. The van der Waals surface area contributed by atoms with Crippen LogP contribution in [0.1, 0.15) is 25.1 Å². The molecule has 0 bridgehead atoms. The van der Waals surface area contributed by atoms with Crippen molar-refractivity contribution in [3.8, 4) is 11.4 Å². The Labute approximate surface area is 106 Å². The normalized spacial score (nSPS) is 9.61. The predicted molar refractivity (Wildman–Crippen MR) is 70.5 cm³/mol. The number of hydrogen-bond donors (Lipinski definition) is 1. The van der Waals surface area contributed by atoms with E-state index in [1.54, 1.807) is 0 Å². The van der Waals surface area contributed by atoms with E-state index in [0.717, 1.165) is 17.5 Å². The number of anilines is 1. The average molecular weight is 248 g/mol. The van der Waals surface area contributed by atoms with Crippen molar-refractivity contribution in [2.24, 2.45) is 0 Å². The monoisotopic (exact) mass is 248 g/mol. The van der Waals surface area contributed by atoms with Gasteiger partial charge in [0.2, 0.25) is 0 Å². The molecule has 0 aliphatic carbocycles. The number of rotatable bonds is 1. The zero-order valence-corrected chi connectivity index (χ0v) is 11.0. The molecule has 0 saturated heterocycles. The number of hydrogen-bond acceptors (Lipinski definition) is 4. The largest absolute Gasteiger partial charge is 0.383 e. The Balaban J connectivity index is 0.000000771. The van der Waals surface area contributed by atoms with Crippen molar-refractivity contribution < 1.29 is 4.39 Å². The molecule has 2 aromatic rings. The van der Waals surface area contributed by atoms with Crippen LogP contribution in [-0.2, 0) is 0 Å². The molecule has 0 saturated carbocycles. The zero-order chi connectivity index (χ0) is 13.7. The first-order valence-corrected chi connectivity index (χ1v) is 5.79. The SMILES string of the molecule is CC.Cc1nc(-c2cncc(F)c2)nc(N)c1C. The highest BCUT2D eigenvalue weighted by molar-refractivity contribution is 5.57. The second-order valence-electron chi connectivity index (χ2n) is 3.53. The maximum atomic E-state index is 13.0. The summed E-state index contributed by atoms with van der Waals surface area (Å²) in [4.78, 5) is 12.1. The minimum atomic E-state index is -0.419. The van der Waals surface area contributed by atoms with Gasteiger partial charge in [0.05, 0.1) is 6.20 Å². The van der Waals surface area contributed by atoms with Crippen LogP contribution in [0.25, 0.3) is 11.4 Å². The fraction of sp³-hybridized carbons (Fsp3) is 0.308. The van der Waals surface area contributed by atoms with E-state index in [4.69, 9.17) is 5.73 Å². The quantitative estimate of drug-likeness (QED) is 0.842. The molecule has 0 aromatic carbocycles. The summed E-state index contributed by atoms with van der Waals surface area (Å²) in [5.74, 6) is 0.386. The van der Waals surface area contributed by atoms with Crippen LogP contribution in [0, 0.1) is 19.7 Å². The fourth-order valence-electron chi connectivity index (χ4n) is 1.31. The highest BCUT2D eigenvalue weighted by Crippen LogP contribution is 2.19. The second kappa shape index (κ2) is 6.05. The third kappa shape index (κ3) is 3.00. The molecule has 2 aromatic heterocycles. The van der Waals surface area contributed by atoms with Gasteiger partial charge in [-0.3, -0.25) is 4.98 Å². The van der Waals surface area contributed by atoms with Gasteiger partial charge in [0.1, 0.15) is 11.6 Å². The Morgan fingerprint density at radius 3 is 2.33 bits per heavy atom. The Hall–Kier alpha value is -2.04. The molecule has 0 radical (unpaired) electrons. The summed E-state index contributed by atoms with van der Waals surface area (Å²) in [5, 5.41) is 0. The lowest BCUT2D eigenvalue weighted by atomic mass is 10.2. The van der Waals surface area contributed by atoms with Crippen LogP contribution in [0.2, 0.25) is 0 Å². The molecule has 0 spiro atoms. The van der Waals surface area contributed by atoms with Gasteiger partial charge in [-0.05, 0) is 19.9 Å². The summed E-state index contributed by atoms with van der Waals surface area (Å²) in [6, 6.07) is 1.33. The molecule has 0 atom stereocenters. The molecule has 0 aliphatic rings. The Bertz CT molecular complexity index is 517. The van der Waals surface area contributed by atoms with Crippen LogP contribution in [0.3, 0.4) is 0 Å². The summed E-state index contributed by atoms with van der Waals surface area (Å²) in [7, 11) is 0. The maximum Gasteiger partial charge on any atom is 0.163 e. The minimum absolute atomic E-state index is 0.396. The smallest absolute Gasteiger partial charge is 0.163 e. The number of halogens is 1. The maximum absolute atomic E-state index is 13.0. The van der Waals surface area contributed by atoms with E-state index >= 15 is 0 Å². The Kier molecular flexibility index (Phi) is 4.71. The summed E-state index contributed by atoms with van der Waals surface area (Å²) < 4.78 is 13.0. The third-order valence-electron chi connectivity index (χ3n) is 2.39. The Morgan fingerprint density at radius 1 is 1.11 bits per heavy atom. The number of aromatic nitrogens is 3. The van der Waals surface area contributed by atoms with Gasteiger partial charge < -0.3 is 5.73 Å². The topological polar surface area (TPSA) is 64.7 Å². The van der Waals surface area contributed by atoms with Crippen molar-refractivity contribution in [2.45, 2.75) is 27.7 Å². The van der Waals surface area contributed by atoms with Crippen LogP contribution < -0.4 is 5.73 Å². The van der Waals surface area contributed by atoms with Crippen molar-refractivity contribution in [3.63, 3.8) is 0 Å². The molecule has 0 aliphatic heterocycles. The molecule has 2 heterocycles. The highest BCUT2D eigenvalue weighted by Gasteiger charge is 2.08. The van der Waals surface area contributed by atoms with E-state index in [9.17, 15) is 4.39 Å². The van der Waals surface area contributed by atoms with Gasteiger partial charge in [-0.1, -0.05) is 13.8 Å². The van der Waals surface area contributed by atoms with Crippen LogP contribution in [0.5, 0.6) is 0 Å². The van der Waals surface area contributed by atoms with Crippen molar-refractivity contribution in [1.29, 1.82) is 0 Å². The lowest BCUT2D eigenvalue weighted by molar-refractivity contribution is 0.622. The van der Waals surface area contributed by atoms with Crippen LogP contribution in [-0.4, -0.2) is 15.0 Å². The van der Waals surface area contributed by atoms with E-state index in [1.165, 1.54) is 12.3 Å². The third-order valence-corrected chi connectivity index (χ3v) is 2.39. The van der Waals surface area contributed by atoms with E-state index in [0.29, 0.717) is 17.2 Å². The lowest BCUT2D eigenvalue weighted by Crippen LogP contribution is -2.02. The standard InChI is InChI=1S/C11H11FN4.C2H6/c1-6-7(2)15-11(16-10(6)13)8-3-9(12)5-14-4-8;1-2/h3-5H,1-2H3,(H2,13,15,16);1-2H3. The molecular weight excluding hydrogens is 231 g/mol. The predicted octanol–water partition coefficient (Wildman–Crippen LogP) is 2.90. The van der Waals surface area contributed by atoms with Gasteiger partial charge in [-0.25, -0.2) is 14.4 Å². The molecule has 18 heavy (non-hydrogen) atoms. The minimum Gasteiger partial charge on any atom is -0.383 e. The number of nitrogens with two attached hydrogens (primary N) is 1. The van der Waals surface area contributed by atoms with E-state index < -0.39 is 5.82 Å². The van der Waals surface area contributed by atoms with Gasteiger partial charge in [0.15, 0.2) is 5.82 Å². The number of nitrogens with zero attached hydrogens (tertiary/aromatic N) is 3. The average Bonchev–Trinajstić information content (AvgIpc) is 2.38. The summed E-state index contributed by atoms with van der Waals surface area (Å²) in [6.45, 7) is 7.68. The van der Waals surface area contributed by atoms with Crippen molar-refractivity contribution >= 4 is 5.82 Å². The molecule has 5 heteroatoms. The molecule has 0 amide bonds. The van der Waals surface area contributed by atoms with Crippen molar-refractivity contribution in [1.82, 2.24) is 15.0 Å². The van der Waals surface area contributed by atoms with Crippen molar-refractivity contribution in [3.05, 3.63) is 35.5 Å². The molecule has 96 valence electrons. The first kappa shape index (κ1) is 14.0. The molecule has 0 unspecified atom stereocenters. The van der Waals surface area contributed by atoms with Crippen LogP contribution >= 0.6 is 0 Å². The van der Waals surface area contributed by atoms with E-state index in [2.05, 4.69) is 15.0 Å². The summed E-state index contributed by atoms with van der Waals surface area (Å²) in [5.41, 5.74) is 7.88. The van der Waals surface area contributed by atoms with Crippen molar-refractivity contribution in [2.75, 3.05) is 5.73 Å². The highest BCUT2D eigenvalue weighted by atomic mass is 19.1. The van der Waals surface area contributed by atoms with Gasteiger partial charge in [0, 0.05) is 23.0 Å². The molecule has 0 fully saturated rings. The first-order chi connectivity index (χ1) is 8.58. The first-order valence-electron chi connectivity index (χ1n) is 5.79. The molecule has 4 nitrogen and oxygen atoms in total. The number of nitrogen functional groups attached to an aromatic ring is 1. The van der Waals surface area contributed by atoms with Crippen LogP contribution in [0.4, 0.5) is 10.2 Å². The molecule has 2 N–H and O–H groups in total. The number of aryl methyl sites for hydroxylation is 1. The summed E-state index contributed by atoms with van der Waals surface area (Å²) >= 11 is 0. The van der Waals surface area contributed by atoms with Gasteiger partial charge in [-0.2, -0.15) is 0 Å². The Morgan fingerprint density at radius 2 is 1.78 bits per heavy atom. The van der Waals surface area contributed by atoms with E-state index in [-0.39, 0.29) is 0 Å². The van der Waals surface area contributed by atoms with Gasteiger partial charge >= 0.3 is 0 Å². The van der Waals surface area contributed by atoms with Gasteiger partial charge in [-0.15, -0.1) is 0 Å². The zero-order valence-electron chi connectivity index (χ0n) is 11.0. The number of pyridine rings is 1. The van der Waals surface area contributed by atoms with Gasteiger partial charge in [0.25, 0.3) is 0 Å². The molecular formula is C13H17FN4.